The Morgan fingerprint density at radius 2 is 1.47 bits per heavy atom. The SMILES string of the molecule is COC1(C2CCCCC2)CCN(c2ccc(-c3nnc([C@H]4CC[C@H](CN[C@H]5C[C@@H](O)CNC(=O)[C@@H]6[C@@H](O)[C@@H](C)CN6C(=O)[C@H]([C@H](O)CC(=O)NCCN)NC(=O)[C@H]([C@H](O)Cc6ccc(O)c(OS(=O)(=O)O)c6)NC(=O)[C@@H]6C[C@@H](O)CN6C(=O)[C@H]([C@@H](C)O)NC5=O)CC4)s3)cc2)CC1. The van der Waals surface area contributed by atoms with Crippen LogP contribution in [0.1, 0.15) is 120 Å². The lowest BCUT2D eigenvalue weighted by molar-refractivity contribution is -0.147. The van der Waals surface area contributed by atoms with Gasteiger partial charge < -0.3 is 97.0 Å². The standard InChI is InChI=1S/C64H94N12O19S2/c1-34-32-76-54(55(34)84)59(88)68-31-42(78)27-44(67-30-36-9-12-38(13-10-36)60-72-73-61(96-60)39-14-16-41(17-15-39)74-23-19-64(94-3,20-24-74)40-7-5-4-6-8-40)56(85)69-51(35(2)77)62(89)75-33-43(79)28-45(75)57(86)70-52(47(81)25-37-11-18-46(80)49(26-37)95-97(91,92)93)58(87)71-53(63(76)90)48(82)29-50(83)66-22-21-65/h11,14-18,26,34-36,38,40,42-45,47-48,51-55,67,77-82,84H,4-10,12-13,19-25,27-33,65H2,1-3H3,(H,66,83)(H,68,88)(H,69,85)(H,70,86)(H,71,87)(H,91,92,93)/t34-,35+,36-,38-,42+,43+,44-,45-,47+,48+,51-,52-,53-,54-,55-/m0/s1. The summed E-state index contributed by atoms with van der Waals surface area (Å²) >= 11 is 1.55. The molecule has 536 valence electrons. The van der Waals surface area contributed by atoms with Gasteiger partial charge >= 0.3 is 10.4 Å². The van der Waals surface area contributed by atoms with Gasteiger partial charge in [0.15, 0.2) is 11.5 Å². The van der Waals surface area contributed by atoms with Gasteiger partial charge in [-0.3, -0.25) is 38.1 Å². The molecular formula is C64H94N12O19S2. The number of nitrogens with zero attached hydrogens (tertiary/aromatic N) is 5. The van der Waals surface area contributed by atoms with E-state index in [9.17, 15) is 82.3 Å². The fraction of sp³-hybridized carbons (Fsp3) is 0.672. The smallest absolute Gasteiger partial charge is 0.446 e. The van der Waals surface area contributed by atoms with Crippen LogP contribution in [0.4, 0.5) is 5.69 Å². The molecule has 16 N–H and O–H groups in total. The molecule has 33 heteroatoms. The number of aromatic nitrogens is 2. The zero-order valence-corrected chi connectivity index (χ0v) is 56.4. The molecule has 9 rings (SSSR count). The molecule has 3 aromatic rings. The minimum atomic E-state index is -5.23. The second kappa shape index (κ2) is 32.9. The van der Waals surface area contributed by atoms with Crippen molar-refractivity contribution < 1.29 is 91.2 Å². The van der Waals surface area contributed by atoms with Crippen LogP contribution in [-0.2, 0) is 55.1 Å². The van der Waals surface area contributed by atoms with Crippen LogP contribution >= 0.6 is 11.3 Å². The molecule has 6 fully saturated rings. The second-order valence-corrected chi connectivity index (χ2v) is 28.9. The van der Waals surface area contributed by atoms with E-state index in [1.165, 1.54) is 46.0 Å². The third-order valence-corrected chi connectivity index (χ3v) is 21.6. The highest BCUT2D eigenvalue weighted by Crippen LogP contribution is 2.43. The molecule has 97 heavy (non-hydrogen) atoms. The molecule has 0 unspecified atom stereocenters. The van der Waals surface area contributed by atoms with Crippen LogP contribution in [0.2, 0.25) is 0 Å². The van der Waals surface area contributed by atoms with Crippen molar-refractivity contribution in [1.82, 2.24) is 51.9 Å². The van der Waals surface area contributed by atoms with Crippen molar-refractivity contribution >= 4 is 68.8 Å². The van der Waals surface area contributed by atoms with Crippen LogP contribution in [0.15, 0.2) is 42.5 Å². The number of fused-ring (bicyclic) bond motifs is 2. The lowest BCUT2D eigenvalue weighted by Crippen LogP contribution is -2.64. The quantitative estimate of drug-likeness (QED) is 0.0589. The number of benzene rings is 2. The highest BCUT2D eigenvalue weighted by Gasteiger charge is 2.50. The van der Waals surface area contributed by atoms with Gasteiger partial charge in [0.2, 0.25) is 41.4 Å². The number of hydrogen-bond acceptors (Lipinski definition) is 24. The van der Waals surface area contributed by atoms with Crippen molar-refractivity contribution in [1.29, 1.82) is 0 Å². The molecular weight excluding hydrogens is 1300 g/mol. The largest absolute Gasteiger partial charge is 0.504 e. The normalized spacial score (nSPS) is 29.4. The highest BCUT2D eigenvalue weighted by atomic mass is 32.3. The molecule has 4 saturated heterocycles. The van der Waals surface area contributed by atoms with Crippen molar-refractivity contribution in [3.63, 3.8) is 0 Å². The molecule has 13 atom stereocenters. The fourth-order valence-corrected chi connectivity index (χ4v) is 16.0. The molecule has 1 aromatic heterocycles. The van der Waals surface area contributed by atoms with Gasteiger partial charge in [0.05, 0.1) is 54.7 Å². The first-order valence-electron chi connectivity index (χ1n) is 33.5. The Morgan fingerprint density at radius 1 is 0.804 bits per heavy atom. The number of hydrogen-bond donors (Lipinski definition) is 15. The van der Waals surface area contributed by atoms with Gasteiger partial charge in [-0.1, -0.05) is 43.6 Å². The number of phenolic OH excluding ortho intramolecular Hbond substituents is 1. The predicted molar refractivity (Wildman–Crippen MR) is 350 cm³/mol. The Bertz CT molecular complexity index is 3350. The van der Waals surface area contributed by atoms with Gasteiger partial charge in [0.25, 0.3) is 0 Å². The Hall–Kier alpha value is -6.76. The first-order valence-corrected chi connectivity index (χ1v) is 35.6. The number of β-amino-alcohol motifs (C(OH)–C–C–N with tert-alkyl or cyclic N) is 1. The summed E-state index contributed by atoms with van der Waals surface area (Å²) < 4.78 is 43.3. The lowest BCUT2D eigenvalue weighted by Gasteiger charge is -2.47. The maximum absolute atomic E-state index is 14.9. The van der Waals surface area contributed by atoms with E-state index < -0.39 is 181 Å². The molecule has 5 heterocycles. The fourth-order valence-electron chi connectivity index (χ4n) is 14.6. The molecule has 2 aliphatic carbocycles. The number of amides is 7. The number of methoxy groups -OCH3 is 1. The lowest BCUT2D eigenvalue weighted by atomic mass is 9.72. The van der Waals surface area contributed by atoms with Crippen molar-refractivity contribution in [3.8, 4) is 22.1 Å². The molecule has 6 aliphatic rings. The summed E-state index contributed by atoms with van der Waals surface area (Å²) in [4.78, 5) is 105. The zero-order chi connectivity index (χ0) is 70.0. The van der Waals surface area contributed by atoms with E-state index in [2.05, 4.69) is 75.4 Å². The topological polar surface area (TPSA) is 468 Å². The second-order valence-electron chi connectivity index (χ2n) is 26.9. The minimum Gasteiger partial charge on any atom is -0.504 e. The monoisotopic (exact) mass is 1400 g/mol. The molecule has 31 nitrogen and oxygen atoms in total. The molecule has 2 saturated carbocycles. The van der Waals surface area contributed by atoms with Crippen LogP contribution in [0.5, 0.6) is 11.5 Å². The number of rotatable bonds is 19. The van der Waals surface area contributed by atoms with Crippen LogP contribution in [0.25, 0.3) is 10.6 Å². The van der Waals surface area contributed by atoms with Gasteiger partial charge in [-0.05, 0) is 125 Å². The number of carbonyl (C=O) groups is 7. The van der Waals surface area contributed by atoms with E-state index in [1.807, 2.05) is 7.11 Å². The number of nitrogens with one attached hydrogen (secondary N) is 6. The molecule has 2 aromatic carbocycles. The molecule has 7 amide bonds. The molecule has 4 aliphatic heterocycles. The van der Waals surface area contributed by atoms with E-state index in [1.54, 1.807) is 11.3 Å². The van der Waals surface area contributed by atoms with Crippen molar-refractivity contribution in [3.05, 3.63) is 53.0 Å². The number of ether oxygens (including phenoxy) is 1. The van der Waals surface area contributed by atoms with E-state index in [0.29, 0.717) is 18.8 Å². The summed E-state index contributed by atoms with van der Waals surface area (Å²) in [5.74, 6) is -9.53. The van der Waals surface area contributed by atoms with Crippen LogP contribution in [-0.4, -0.2) is 248 Å². The van der Waals surface area contributed by atoms with Gasteiger partial charge in [-0.25, -0.2) is 0 Å². The van der Waals surface area contributed by atoms with Crippen LogP contribution in [0.3, 0.4) is 0 Å². The summed E-state index contributed by atoms with van der Waals surface area (Å²) in [5, 5.41) is 106. The average molecular weight is 1400 g/mol. The Kier molecular flexibility index (Phi) is 25.3. The van der Waals surface area contributed by atoms with Crippen molar-refractivity contribution in [2.75, 3.05) is 64.4 Å². The minimum absolute atomic E-state index is 0.00423. The maximum atomic E-state index is 14.9. The number of phenols is 1. The summed E-state index contributed by atoms with van der Waals surface area (Å²) in [6, 6.07) is 0.291. The average Bonchev–Trinajstić information content (AvgIpc) is 1.78. The van der Waals surface area contributed by atoms with Crippen molar-refractivity contribution in [2.24, 2.45) is 23.5 Å². The number of aliphatic hydroxyl groups is 6. The molecule has 0 bridgehead atoms. The van der Waals surface area contributed by atoms with Crippen LogP contribution < -0.4 is 46.7 Å². The van der Waals surface area contributed by atoms with Crippen LogP contribution in [0, 0.1) is 17.8 Å². The number of aromatic hydroxyl groups is 1. The number of piperidine rings is 1. The first-order chi connectivity index (χ1) is 46.2. The van der Waals surface area contributed by atoms with E-state index in [4.69, 9.17) is 10.5 Å². The summed E-state index contributed by atoms with van der Waals surface area (Å²) in [6.07, 6.45) is -1.87. The van der Waals surface area contributed by atoms with Crippen molar-refractivity contribution in [2.45, 2.75) is 195 Å². The number of aliphatic hydroxyl groups excluding tert-OH is 6. The zero-order valence-electron chi connectivity index (χ0n) is 54.7. The van der Waals surface area contributed by atoms with Gasteiger partial charge in [-0.15, -0.1) is 10.2 Å². The Morgan fingerprint density at radius 3 is 2.13 bits per heavy atom. The van der Waals surface area contributed by atoms with Gasteiger partial charge in [0.1, 0.15) is 40.2 Å². The summed E-state index contributed by atoms with van der Waals surface area (Å²) in [6.45, 7) is 3.15. The number of anilines is 1. The number of nitrogens with two attached hydrogens (primary N) is 1. The third kappa shape index (κ3) is 18.6. The Balaban J connectivity index is 0.929. The summed E-state index contributed by atoms with van der Waals surface area (Å²) in [7, 11) is -3.36. The number of carbonyl (C=O) groups excluding carboxylic acids is 7. The van der Waals surface area contributed by atoms with E-state index in [0.717, 1.165) is 88.0 Å². The maximum Gasteiger partial charge on any atom is 0.446 e. The molecule has 0 spiro atoms. The Labute approximate surface area is 566 Å². The first kappa shape index (κ1) is 74.5. The van der Waals surface area contributed by atoms with E-state index in [-0.39, 0.29) is 49.2 Å². The predicted octanol–water partition coefficient (Wildman–Crippen LogP) is -1.79. The summed E-state index contributed by atoms with van der Waals surface area (Å²) in [5.41, 5.74) is 7.53. The van der Waals surface area contributed by atoms with Gasteiger partial charge in [0, 0.05) is 88.9 Å². The third-order valence-electron chi connectivity index (χ3n) is 20.1. The highest BCUT2D eigenvalue weighted by molar-refractivity contribution is 7.81. The molecule has 0 radical (unpaired) electrons. The van der Waals surface area contributed by atoms with Gasteiger partial charge in [-0.2, -0.15) is 8.42 Å². The van der Waals surface area contributed by atoms with E-state index >= 15 is 0 Å².